The van der Waals surface area contributed by atoms with Crippen LogP contribution in [0.2, 0.25) is 10.0 Å². The van der Waals surface area contributed by atoms with Crippen LogP contribution in [0.15, 0.2) is 52.3 Å². The normalized spacial score (nSPS) is 12.4. The second kappa shape index (κ2) is 6.89. The van der Waals surface area contributed by atoms with Crippen LogP contribution in [0.4, 0.5) is 5.69 Å². The van der Waals surface area contributed by atoms with Gasteiger partial charge in [-0.25, -0.2) is 21.1 Å². The number of rotatable bonds is 5. The van der Waals surface area contributed by atoms with Crippen molar-refractivity contribution in [3.05, 3.63) is 52.5 Å². The third-order valence-electron chi connectivity index (χ3n) is 3.09. The average molecular weight is 409 g/mol. The first kappa shape index (κ1) is 19.0. The molecule has 0 saturated carbocycles. The Labute approximate surface area is 151 Å². The predicted octanol–water partition coefficient (Wildman–Crippen LogP) is 3.04. The van der Waals surface area contributed by atoms with Gasteiger partial charge in [0.25, 0.3) is 10.0 Å². The summed E-state index contributed by atoms with van der Waals surface area (Å²) in [4.78, 5) is -0.113. The topological polar surface area (TPSA) is 83.6 Å². The molecule has 24 heavy (non-hydrogen) atoms. The third-order valence-corrected chi connectivity index (χ3v) is 7.27. The SMILES string of the molecule is CN(C)S(=O)(=O)c1ccc(NS(=O)(=O)c2cccc(Cl)c2Cl)cc1. The summed E-state index contributed by atoms with van der Waals surface area (Å²) in [6.45, 7) is 0. The number of hydrogen-bond donors (Lipinski definition) is 1. The summed E-state index contributed by atoms with van der Waals surface area (Å²) in [7, 11) is -4.72. The highest BCUT2D eigenvalue weighted by Crippen LogP contribution is 2.30. The van der Waals surface area contributed by atoms with Crippen LogP contribution < -0.4 is 4.72 Å². The highest BCUT2D eigenvalue weighted by atomic mass is 35.5. The van der Waals surface area contributed by atoms with E-state index in [2.05, 4.69) is 4.72 Å². The Balaban J connectivity index is 2.33. The second-order valence-corrected chi connectivity index (χ2v) is 9.56. The van der Waals surface area contributed by atoms with Gasteiger partial charge >= 0.3 is 0 Å². The fourth-order valence-electron chi connectivity index (χ4n) is 1.81. The monoisotopic (exact) mass is 408 g/mol. The van der Waals surface area contributed by atoms with Gasteiger partial charge in [0.1, 0.15) is 4.90 Å². The minimum atomic E-state index is -3.96. The summed E-state index contributed by atoms with van der Waals surface area (Å²) in [5.41, 5.74) is 0.198. The largest absolute Gasteiger partial charge is 0.280 e. The Kier molecular flexibility index (Phi) is 5.46. The van der Waals surface area contributed by atoms with Crippen LogP contribution in [0.25, 0.3) is 0 Å². The molecule has 0 atom stereocenters. The number of sulfonamides is 2. The van der Waals surface area contributed by atoms with Gasteiger partial charge in [-0.1, -0.05) is 29.3 Å². The number of benzene rings is 2. The molecule has 6 nitrogen and oxygen atoms in total. The van der Waals surface area contributed by atoms with E-state index in [1.807, 2.05) is 0 Å². The van der Waals surface area contributed by atoms with Crippen molar-refractivity contribution in [1.29, 1.82) is 0 Å². The van der Waals surface area contributed by atoms with Crippen LogP contribution in [0.1, 0.15) is 0 Å². The minimum Gasteiger partial charge on any atom is -0.280 e. The Morgan fingerprint density at radius 2 is 1.50 bits per heavy atom. The summed E-state index contributed by atoms with van der Waals surface area (Å²) < 4.78 is 52.1. The van der Waals surface area contributed by atoms with Gasteiger partial charge in [-0.05, 0) is 36.4 Å². The van der Waals surface area contributed by atoms with Gasteiger partial charge < -0.3 is 0 Å². The number of nitrogens with zero attached hydrogens (tertiary/aromatic N) is 1. The van der Waals surface area contributed by atoms with Crippen molar-refractivity contribution in [2.75, 3.05) is 18.8 Å². The first-order valence-corrected chi connectivity index (χ1v) is 10.2. The molecule has 130 valence electrons. The molecule has 0 unspecified atom stereocenters. The van der Waals surface area contributed by atoms with Crippen molar-refractivity contribution in [2.24, 2.45) is 0 Å². The van der Waals surface area contributed by atoms with Crippen LogP contribution >= 0.6 is 23.2 Å². The molecule has 0 heterocycles. The molecule has 0 amide bonds. The molecule has 10 heteroatoms. The van der Waals surface area contributed by atoms with Crippen molar-refractivity contribution in [3.63, 3.8) is 0 Å². The molecule has 0 fully saturated rings. The number of hydrogen-bond acceptors (Lipinski definition) is 4. The fraction of sp³-hybridized carbons (Fsp3) is 0.143. The molecule has 0 radical (unpaired) electrons. The first-order chi connectivity index (χ1) is 11.1. The second-order valence-electron chi connectivity index (χ2n) is 4.97. The molecular formula is C14H14Cl2N2O4S2. The molecule has 0 aliphatic heterocycles. The molecular weight excluding hydrogens is 395 g/mol. The van der Waals surface area contributed by atoms with Crippen molar-refractivity contribution in [1.82, 2.24) is 4.31 Å². The molecule has 0 aliphatic rings. The molecule has 2 aromatic carbocycles. The zero-order valence-corrected chi connectivity index (χ0v) is 15.8. The van der Waals surface area contributed by atoms with Gasteiger partial charge in [0.2, 0.25) is 10.0 Å². The molecule has 1 N–H and O–H groups in total. The quantitative estimate of drug-likeness (QED) is 0.823. The lowest BCUT2D eigenvalue weighted by atomic mass is 10.3. The maximum absolute atomic E-state index is 12.4. The van der Waals surface area contributed by atoms with Gasteiger partial charge in [-0.2, -0.15) is 0 Å². The zero-order chi connectivity index (χ0) is 18.1. The van der Waals surface area contributed by atoms with Gasteiger partial charge in [0, 0.05) is 19.8 Å². The van der Waals surface area contributed by atoms with Crippen molar-refractivity contribution in [3.8, 4) is 0 Å². The zero-order valence-electron chi connectivity index (χ0n) is 12.7. The van der Waals surface area contributed by atoms with Gasteiger partial charge in [-0.3, -0.25) is 4.72 Å². The molecule has 2 aromatic rings. The van der Waals surface area contributed by atoms with E-state index in [4.69, 9.17) is 23.2 Å². The number of anilines is 1. The van der Waals surface area contributed by atoms with Crippen molar-refractivity contribution < 1.29 is 16.8 Å². The Bertz CT molecular complexity index is 957. The lowest BCUT2D eigenvalue weighted by Crippen LogP contribution is -2.22. The summed E-state index contributed by atoms with van der Waals surface area (Å²) in [6, 6.07) is 9.60. The van der Waals surface area contributed by atoms with E-state index >= 15 is 0 Å². The van der Waals surface area contributed by atoms with E-state index in [1.54, 1.807) is 0 Å². The molecule has 0 bridgehead atoms. The number of halogens is 2. The average Bonchev–Trinajstić information content (AvgIpc) is 2.49. The Hall–Kier alpha value is -1.32. The van der Waals surface area contributed by atoms with Crippen LogP contribution in [0.3, 0.4) is 0 Å². The van der Waals surface area contributed by atoms with Gasteiger partial charge in [0.15, 0.2) is 0 Å². The summed E-state index contributed by atoms with van der Waals surface area (Å²) in [5, 5.41) is 0.0328. The van der Waals surface area contributed by atoms with Crippen molar-refractivity contribution in [2.45, 2.75) is 9.79 Å². The van der Waals surface area contributed by atoms with E-state index in [0.29, 0.717) is 0 Å². The lowest BCUT2D eigenvalue weighted by molar-refractivity contribution is 0.521. The summed E-state index contributed by atoms with van der Waals surface area (Å²) in [5.74, 6) is 0. The predicted molar refractivity (Wildman–Crippen MR) is 94.6 cm³/mol. The molecule has 2 rings (SSSR count). The van der Waals surface area contributed by atoms with Crippen molar-refractivity contribution >= 4 is 48.9 Å². The molecule has 0 aromatic heterocycles. The van der Waals surface area contributed by atoms with E-state index in [0.717, 1.165) is 4.31 Å². The van der Waals surface area contributed by atoms with Gasteiger partial charge in [0.05, 0.1) is 14.9 Å². The first-order valence-electron chi connectivity index (χ1n) is 6.55. The summed E-state index contributed by atoms with van der Waals surface area (Å²) in [6.07, 6.45) is 0. The highest BCUT2D eigenvalue weighted by molar-refractivity contribution is 7.92. The maximum atomic E-state index is 12.4. The molecule has 0 saturated heterocycles. The standard InChI is InChI=1S/C14H14Cl2N2O4S2/c1-18(2)24(21,22)11-8-6-10(7-9-11)17-23(19,20)13-5-3-4-12(15)14(13)16/h3-9,17H,1-2H3. The summed E-state index contributed by atoms with van der Waals surface area (Å²) >= 11 is 11.8. The van der Waals surface area contributed by atoms with Crippen LogP contribution in [-0.2, 0) is 20.0 Å². The van der Waals surface area contributed by atoms with Crippen LogP contribution in [-0.4, -0.2) is 35.2 Å². The van der Waals surface area contributed by atoms with Crippen LogP contribution in [0.5, 0.6) is 0 Å². The van der Waals surface area contributed by atoms with Gasteiger partial charge in [-0.15, -0.1) is 0 Å². The van der Waals surface area contributed by atoms with E-state index in [9.17, 15) is 16.8 Å². The maximum Gasteiger partial charge on any atom is 0.263 e. The number of nitrogens with one attached hydrogen (secondary N) is 1. The lowest BCUT2D eigenvalue weighted by Gasteiger charge is -2.13. The fourth-order valence-corrected chi connectivity index (χ4v) is 4.53. The van der Waals surface area contributed by atoms with Crippen LogP contribution in [0, 0.1) is 0 Å². The van der Waals surface area contributed by atoms with E-state index in [-0.39, 0.29) is 25.5 Å². The Morgan fingerprint density at radius 3 is 2.04 bits per heavy atom. The van der Waals surface area contributed by atoms with E-state index < -0.39 is 20.0 Å². The Morgan fingerprint density at radius 1 is 0.917 bits per heavy atom. The molecule has 0 spiro atoms. The van der Waals surface area contributed by atoms with E-state index in [1.165, 1.54) is 56.6 Å². The molecule has 0 aliphatic carbocycles. The third kappa shape index (κ3) is 3.84. The minimum absolute atomic E-state index is 0.0521. The highest BCUT2D eigenvalue weighted by Gasteiger charge is 2.21. The smallest absolute Gasteiger partial charge is 0.263 e.